The average molecular weight is 481 g/mol. The average Bonchev–Trinajstić information content (AvgIpc) is 3.27. The van der Waals surface area contributed by atoms with Crippen molar-refractivity contribution in [2.75, 3.05) is 26.2 Å². The molecule has 1 fully saturated rings. The summed E-state index contributed by atoms with van der Waals surface area (Å²) in [5.41, 5.74) is 0.569. The van der Waals surface area contributed by atoms with E-state index in [2.05, 4.69) is 18.6 Å². The topological polar surface area (TPSA) is 113 Å². The van der Waals surface area contributed by atoms with Crippen LogP contribution in [0.5, 0.6) is 0 Å². The van der Waals surface area contributed by atoms with E-state index in [1.807, 2.05) is 0 Å². The summed E-state index contributed by atoms with van der Waals surface area (Å²) < 4.78 is 32.9. The van der Waals surface area contributed by atoms with Crippen LogP contribution in [0.1, 0.15) is 41.6 Å². The lowest BCUT2D eigenvalue weighted by Gasteiger charge is -2.34. The van der Waals surface area contributed by atoms with Crippen LogP contribution in [0.3, 0.4) is 0 Å². The summed E-state index contributed by atoms with van der Waals surface area (Å²) in [6, 6.07) is 9.95. The molecule has 0 saturated carbocycles. The minimum absolute atomic E-state index is 0.111. The number of esters is 1. The maximum Gasteiger partial charge on any atom is 0.350 e. The lowest BCUT2D eigenvalue weighted by molar-refractivity contribution is -0.137. The van der Waals surface area contributed by atoms with Crippen LogP contribution in [0, 0.1) is 11.8 Å². The number of nitrogens with one attached hydrogen (secondary N) is 1. The van der Waals surface area contributed by atoms with Crippen LogP contribution in [0.25, 0.3) is 0 Å². The summed E-state index contributed by atoms with van der Waals surface area (Å²) in [5.74, 6) is -0.397. The minimum Gasteiger partial charge on any atom is -0.451 e. The highest BCUT2D eigenvalue weighted by Gasteiger charge is 2.28. The predicted molar refractivity (Wildman–Crippen MR) is 121 cm³/mol. The summed E-state index contributed by atoms with van der Waals surface area (Å²) in [7, 11) is -4.07. The molecule has 3 rings (SSSR count). The van der Waals surface area contributed by atoms with Crippen molar-refractivity contribution in [1.29, 1.82) is 0 Å². The van der Waals surface area contributed by atoms with E-state index < -0.39 is 28.7 Å². The Morgan fingerprint density at radius 3 is 2.50 bits per heavy atom. The van der Waals surface area contributed by atoms with Crippen molar-refractivity contribution in [2.24, 2.45) is 11.8 Å². The SMILES string of the molecule is C[C@@H]1C[C@H](C)CN(C(=O)COC(=O)c2sccc2S(=O)(=O)NC[C@@H](O)c2ccccc2)C1. The number of ether oxygens (including phenoxy) is 1. The molecule has 1 aromatic heterocycles. The molecule has 1 aliphatic heterocycles. The molecule has 2 aromatic rings. The molecule has 0 unspecified atom stereocenters. The second-order valence-electron chi connectivity index (χ2n) is 8.21. The molecular formula is C22H28N2O6S2. The number of hydrogen-bond acceptors (Lipinski definition) is 7. The molecule has 0 bridgehead atoms. The van der Waals surface area contributed by atoms with E-state index in [4.69, 9.17) is 4.74 Å². The largest absolute Gasteiger partial charge is 0.451 e. The number of carbonyl (C=O) groups is 2. The molecule has 2 heterocycles. The number of rotatable bonds is 8. The second kappa shape index (κ2) is 10.6. The third-order valence-corrected chi connectivity index (χ3v) is 7.79. The van der Waals surface area contributed by atoms with Gasteiger partial charge in [-0.2, -0.15) is 0 Å². The first-order valence-corrected chi connectivity index (χ1v) is 12.8. The van der Waals surface area contributed by atoms with Crippen LogP contribution in [0.2, 0.25) is 0 Å². The first-order valence-electron chi connectivity index (χ1n) is 10.4. The van der Waals surface area contributed by atoms with Gasteiger partial charge in [-0.1, -0.05) is 44.2 Å². The van der Waals surface area contributed by atoms with Crippen molar-refractivity contribution >= 4 is 33.2 Å². The number of likely N-dealkylation sites (tertiary alicyclic amines) is 1. The fourth-order valence-electron chi connectivity index (χ4n) is 3.87. The van der Waals surface area contributed by atoms with Crippen molar-refractivity contribution in [3.05, 3.63) is 52.2 Å². The first kappa shape index (κ1) is 24.4. The number of carbonyl (C=O) groups excluding carboxylic acids is 2. The molecule has 2 N–H and O–H groups in total. The van der Waals surface area contributed by atoms with Gasteiger partial charge in [-0.05, 0) is 35.3 Å². The number of aliphatic hydroxyl groups excluding tert-OH is 1. The maximum atomic E-state index is 12.7. The molecule has 0 spiro atoms. The molecule has 1 amide bonds. The third kappa shape index (κ3) is 6.16. The van der Waals surface area contributed by atoms with Gasteiger partial charge in [-0.3, -0.25) is 4.79 Å². The van der Waals surface area contributed by atoms with E-state index >= 15 is 0 Å². The molecule has 8 nitrogen and oxygen atoms in total. The molecule has 1 saturated heterocycles. The Balaban J connectivity index is 1.60. The molecule has 0 radical (unpaired) electrons. The van der Waals surface area contributed by atoms with Crippen molar-refractivity contribution in [1.82, 2.24) is 9.62 Å². The number of hydrogen-bond donors (Lipinski definition) is 2. The minimum atomic E-state index is -4.07. The number of thiophene rings is 1. The van der Waals surface area contributed by atoms with E-state index in [1.165, 1.54) is 11.4 Å². The van der Waals surface area contributed by atoms with Crippen molar-refractivity contribution in [3.63, 3.8) is 0 Å². The van der Waals surface area contributed by atoms with Crippen molar-refractivity contribution in [3.8, 4) is 0 Å². The molecule has 0 aliphatic carbocycles. The van der Waals surface area contributed by atoms with E-state index in [1.54, 1.807) is 35.2 Å². The number of sulfonamides is 1. The van der Waals surface area contributed by atoms with Gasteiger partial charge in [-0.15, -0.1) is 11.3 Å². The molecular weight excluding hydrogens is 452 g/mol. The standard InChI is InChI=1S/C22H28N2O6S2/c1-15-10-16(2)13-24(12-15)20(26)14-30-22(27)21-19(8-9-31-21)32(28,29)23-11-18(25)17-6-4-3-5-7-17/h3-9,15-16,18,23,25H,10-14H2,1-2H3/t15-,16+,18-/m1/s1. The maximum absolute atomic E-state index is 12.7. The molecule has 1 aromatic carbocycles. The number of aliphatic hydroxyl groups is 1. The lowest BCUT2D eigenvalue weighted by atomic mass is 9.92. The van der Waals surface area contributed by atoms with E-state index in [0.717, 1.165) is 17.8 Å². The van der Waals surface area contributed by atoms with E-state index in [-0.39, 0.29) is 22.2 Å². The third-order valence-electron chi connectivity index (χ3n) is 5.30. The Labute approximate surface area is 192 Å². The molecule has 32 heavy (non-hydrogen) atoms. The summed E-state index contributed by atoms with van der Waals surface area (Å²) in [6.45, 7) is 4.70. The summed E-state index contributed by atoms with van der Waals surface area (Å²) in [5, 5.41) is 11.7. The molecule has 174 valence electrons. The molecule has 10 heteroatoms. The first-order chi connectivity index (χ1) is 15.2. The quantitative estimate of drug-likeness (QED) is 0.561. The molecule has 1 aliphatic rings. The van der Waals surface area contributed by atoms with Crippen molar-refractivity contribution in [2.45, 2.75) is 31.3 Å². The Bertz CT molecular complexity index is 1030. The molecule has 3 atom stereocenters. The van der Waals surface area contributed by atoms with Gasteiger partial charge < -0.3 is 14.7 Å². The number of piperidine rings is 1. The highest BCUT2D eigenvalue weighted by atomic mass is 32.2. The highest BCUT2D eigenvalue weighted by Crippen LogP contribution is 2.24. The zero-order valence-electron chi connectivity index (χ0n) is 18.1. The smallest absolute Gasteiger partial charge is 0.350 e. The van der Waals surface area contributed by atoms with Crippen molar-refractivity contribution < 1.29 is 27.9 Å². The van der Waals surface area contributed by atoms with Crippen LogP contribution >= 0.6 is 11.3 Å². The Morgan fingerprint density at radius 2 is 1.84 bits per heavy atom. The Kier molecular flexibility index (Phi) is 8.05. The predicted octanol–water partition coefficient (Wildman–Crippen LogP) is 2.42. The summed E-state index contributed by atoms with van der Waals surface area (Å²) in [6.07, 6.45) is 0.0123. The second-order valence-corrected chi connectivity index (χ2v) is 10.9. The van der Waals surface area contributed by atoms with E-state index in [0.29, 0.717) is 30.5 Å². The Hall–Kier alpha value is -2.27. The Morgan fingerprint density at radius 1 is 1.19 bits per heavy atom. The van der Waals surface area contributed by atoms with Gasteiger partial charge in [0.05, 0.1) is 6.10 Å². The van der Waals surface area contributed by atoms with Gasteiger partial charge in [0.15, 0.2) is 6.61 Å². The summed E-state index contributed by atoms with van der Waals surface area (Å²) >= 11 is 0.922. The zero-order chi connectivity index (χ0) is 23.3. The normalized spacial score (nSPS) is 20.0. The van der Waals surface area contributed by atoms with Crippen LogP contribution in [-0.2, 0) is 19.6 Å². The van der Waals surface area contributed by atoms with Crippen LogP contribution in [0.15, 0.2) is 46.7 Å². The monoisotopic (exact) mass is 480 g/mol. The summed E-state index contributed by atoms with van der Waals surface area (Å²) in [4.78, 5) is 26.3. The zero-order valence-corrected chi connectivity index (χ0v) is 19.7. The fraction of sp³-hybridized carbons (Fsp3) is 0.455. The van der Waals surface area contributed by atoms with Gasteiger partial charge in [0.2, 0.25) is 10.0 Å². The van der Waals surface area contributed by atoms with Crippen LogP contribution in [0.4, 0.5) is 0 Å². The number of benzene rings is 1. The van der Waals surface area contributed by atoms with Gasteiger partial charge in [0.25, 0.3) is 5.91 Å². The number of amides is 1. The number of nitrogens with zero attached hydrogens (tertiary/aromatic N) is 1. The van der Waals surface area contributed by atoms with Gasteiger partial charge in [0.1, 0.15) is 9.77 Å². The van der Waals surface area contributed by atoms with Gasteiger partial charge >= 0.3 is 5.97 Å². The van der Waals surface area contributed by atoms with Crippen LogP contribution < -0.4 is 4.72 Å². The fourth-order valence-corrected chi connectivity index (χ4v) is 6.21. The van der Waals surface area contributed by atoms with Gasteiger partial charge in [0, 0.05) is 19.6 Å². The van der Waals surface area contributed by atoms with Crippen LogP contribution in [-0.4, -0.2) is 56.5 Å². The highest BCUT2D eigenvalue weighted by molar-refractivity contribution is 7.89. The van der Waals surface area contributed by atoms with Gasteiger partial charge in [-0.25, -0.2) is 17.9 Å². The van der Waals surface area contributed by atoms with E-state index in [9.17, 15) is 23.1 Å². The lowest BCUT2D eigenvalue weighted by Crippen LogP contribution is -2.44.